The van der Waals surface area contributed by atoms with Gasteiger partial charge in [0.1, 0.15) is 5.82 Å². The van der Waals surface area contributed by atoms with Gasteiger partial charge in [-0.05, 0) is 24.6 Å². The van der Waals surface area contributed by atoms with Crippen molar-refractivity contribution in [1.82, 2.24) is 9.66 Å². The molecule has 0 radical (unpaired) electrons. The standard InChI is InChI=1S/C14H16F3N3O/c1-2-3-4-5-12-19-11-7-6-9(14(15,16)17)8-10(11)13(21)20(12)18/h6-8H,2-5,18H2,1H3. The lowest BCUT2D eigenvalue weighted by molar-refractivity contribution is -0.137. The molecule has 114 valence electrons. The number of nitrogens with zero attached hydrogens (tertiary/aromatic N) is 2. The predicted molar refractivity (Wildman–Crippen MR) is 74.4 cm³/mol. The minimum absolute atomic E-state index is 0.119. The highest BCUT2D eigenvalue weighted by Crippen LogP contribution is 2.30. The van der Waals surface area contributed by atoms with Crippen molar-refractivity contribution in [2.45, 2.75) is 38.8 Å². The zero-order valence-corrected chi connectivity index (χ0v) is 11.6. The van der Waals surface area contributed by atoms with Crippen LogP contribution in [0.4, 0.5) is 13.2 Å². The number of halogens is 3. The molecule has 2 N–H and O–H groups in total. The first-order chi connectivity index (χ1) is 9.84. The fourth-order valence-electron chi connectivity index (χ4n) is 2.13. The molecule has 2 aromatic rings. The van der Waals surface area contributed by atoms with Gasteiger partial charge in [0.25, 0.3) is 5.56 Å². The average molecular weight is 299 g/mol. The highest BCUT2D eigenvalue weighted by Gasteiger charge is 2.31. The van der Waals surface area contributed by atoms with E-state index in [4.69, 9.17) is 5.84 Å². The lowest BCUT2D eigenvalue weighted by Gasteiger charge is -2.11. The van der Waals surface area contributed by atoms with Gasteiger partial charge in [-0.1, -0.05) is 19.8 Å². The number of nitrogen functional groups attached to an aromatic ring is 1. The molecule has 0 amide bonds. The van der Waals surface area contributed by atoms with E-state index in [0.29, 0.717) is 12.2 Å². The number of benzene rings is 1. The minimum atomic E-state index is -4.50. The van der Waals surface area contributed by atoms with E-state index in [9.17, 15) is 18.0 Å². The summed E-state index contributed by atoms with van der Waals surface area (Å²) in [6.07, 6.45) is -1.17. The molecule has 0 unspecified atom stereocenters. The van der Waals surface area contributed by atoms with Gasteiger partial charge in [0.15, 0.2) is 0 Å². The van der Waals surface area contributed by atoms with Crippen molar-refractivity contribution in [3.8, 4) is 0 Å². The molecule has 1 aromatic heterocycles. The summed E-state index contributed by atoms with van der Waals surface area (Å²) in [5, 5.41) is -0.119. The third-order valence-electron chi connectivity index (χ3n) is 3.30. The van der Waals surface area contributed by atoms with E-state index in [1.54, 1.807) is 0 Å². The topological polar surface area (TPSA) is 60.9 Å². The Labute approximate surface area is 119 Å². The maximum Gasteiger partial charge on any atom is 0.416 e. The van der Waals surface area contributed by atoms with Gasteiger partial charge >= 0.3 is 6.18 Å². The number of nitrogens with two attached hydrogens (primary N) is 1. The SMILES string of the molecule is CCCCCc1nc2ccc(C(F)(F)F)cc2c(=O)n1N. The summed E-state index contributed by atoms with van der Waals surface area (Å²) in [5.74, 6) is 6.04. The molecule has 1 heterocycles. The Morgan fingerprint density at radius 1 is 1.29 bits per heavy atom. The second kappa shape index (κ2) is 5.75. The second-order valence-electron chi connectivity index (χ2n) is 4.89. The van der Waals surface area contributed by atoms with Crippen molar-refractivity contribution in [2.75, 3.05) is 5.84 Å². The van der Waals surface area contributed by atoms with E-state index in [-0.39, 0.29) is 10.9 Å². The molecular formula is C14H16F3N3O. The van der Waals surface area contributed by atoms with Crippen LogP contribution in [-0.4, -0.2) is 9.66 Å². The van der Waals surface area contributed by atoms with E-state index >= 15 is 0 Å². The number of alkyl halides is 3. The zero-order chi connectivity index (χ0) is 15.6. The monoisotopic (exact) mass is 299 g/mol. The maximum atomic E-state index is 12.7. The molecule has 0 aliphatic heterocycles. The van der Waals surface area contributed by atoms with Crippen LogP contribution in [0.3, 0.4) is 0 Å². The summed E-state index contributed by atoms with van der Waals surface area (Å²) in [6, 6.07) is 2.93. The third-order valence-corrected chi connectivity index (χ3v) is 3.30. The molecule has 0 atom stereocenters. The van der Waals surface area contributed by atoms with Gasteiger partial charge in [-0.25, -0.2) is 9.66 Å². The smallest absolute Gasteiger partial charge is 0.335 e. The molecule has 0 saturated heterocycles. The summed E-state index contributed by atoms with van der Waals surface area (Å²) in [5.41, 5.74) is -1.30. The Hall–Kier alpha value is -2.05. The second-order valence-corrected chi connectivity index (χ2v) is 4.89. The summed E-state index contributed by atoms with van der Waals surface area (Å²) >= 11 is 0. The fourth-order valence-corrected chi connectivity index (χ4v) is 2.13. The number of fused-ring (bicyclic) bond motifs is 1. The number of hydrogen-bond donors (Lipinski definition) is 1. The van der Waals surface area contributed by atoms with Crippen molar-refractivity contribution in [3.05, 3.63) is 39.9 Å². The number of unbranched alkanes of at least 4 members (excludes halogenated alkanes) is 2. The van der Waals surface area contributed by atoms with Crippen LogP contribution in [0.1, 0.15) is 37.6 Å². The van der Waals surface area contributed by atoms with Crippen LogP contribution in [0, 0.1) is 0 Å². The Balaban J connectivity index is 2.50. The van der Waals surface area contributed by atoms with E-state index in [1.165, 1.54) is 6.07 Å². The fraction of sp³-hybridized carbons (Fsp3) is 0.429. The van der Waals surface area contributed by atoms with Crippen molar-refractivity contribution in [1.29, 1.82) is 0 Å². The lowest BCUT2D eigenvalue weighted by atomic mass is 10.1. The van der Waals surface area contributed by atoms with Gasteiger partial charge in [-0.3, -0.25) is 4.79 Å². The van der Waals surface area contributed by atoms with E-state index < -0.39 is 17.3 Å². The first-order valence-electron chi connectivity index (χ1n) is 6.72. The number of rotatable bonds is 4. The van der Waals surface area contributed by atoms with E-state index in [1.807, 2.05) is 6.92 Å². The van der Waals surface area contributed by atoms with Crippen LogP contribution >= 0.6 is 0 Å². The summed E-state index contributed by atoms with van der Waals surface area (Å²) < 4.78 is 38.9. The van der Waals surface area contributed by atoms with Gasteiger partial charge in [-0.15, -0.1) is 0 Å². The molecule has 0 spiro atoms. The lowest BCUT2D eigenvalue weighted by Crippen LogP contribution is -2.31. The minimum Gasteiger partial charge on any atom is -0.335 e. The molecule has 4 nitrogen and oxygen atoms in total. The van der Waals surface area contributed by atoms with Gasteiger partial charge in [0.2, 0.25) is 0 Å². The summed E-state index contributed by atoms with van der Waals surface area (Å²) in [7, 11) is 0. The van der Waals surface area contributed by atoms with Crippen molar-refractivity contribution in [2.24, 2.45) is 0 Å². The average Bonchev–Trinajstić information content (AvgIpc) is 2.43. The van der Waals surface area contributed by atoms with Gasteiger partial charge in [0, 0.05) is 6.42 Å². The van der Waals surface area contributed by atoms with E-state index in [0.717, 1.165) is 36.1 Å². The number of aryl methyl sites for hydroxylation is 1. The molecule has 0 aliphatic carbocycles. The molecule has 2 rings (SSSR count). The van der Waals surface area contributed by atoms with Crippen LogP contribution in [0.25, 0.3) is 10.9 Å². The maximum absolute atomic E-state index is 12.7. The normalized spacial score (nSPS) is 12.0. The first kappa shape index (κ1) is 15.3. The van der Waals surface area contributed by atoms with Gasteiger partial charge < -0.3 is 5.84 Å². The Morgan fingerprint density at radius 3 is 2.62 bits per heavy atom. The van der Waals surface area contributed by atoms with Gasteiger partial charge in [-0.2, -0.15) is 13.2 Å². The largest absolute Gasteiger partial charge is 0.416 e. The Kier molecular flexibility index (Phi) is 4.20. The number of hydrogen-bond acceptors (Lipinski definition) is 3. The van der Waals surface area contributed by atoms with Crippen LogP contribution in [0.2, 0.25) is 0 Å². The molecule has 0 aliphatic rings. The van der Waals surface area contributed by atoms with Crippen LogP contribution < -0.4 is 11.4 Å². The number of aromatic nitrogens is 2. The quantitative estimate of drug-likeness (QED) is 0.697. The molecule has 21 heavy (non-hydrogen) atoms. The van der Waals surface area contributed by atoms with Crippen molar-refractivity contribution >= 4 is 10.9 Å². The highest BCUT2D eigenvalue weighted by molar-refractivity contribution is 5.78. The Morgan fingerprint density at radius 2 is 2.00 bits per heavy atom. The summed E-state index contributed by atoms with van der Waals surface area (Å²) in [4.78, 5) is 16.3. The third kappa shape index (κ3) is 3.17. The first-order valence-corrected chi connectivity index (χ1v) is 6.72. The summed E-state index contributed by atoms with van der Waals surface area (Å²) in [6.45, 7) is 2.04. The van der Waals surface area contributed by atoms with Crippen LogP contribution in [0.5, 0.6) is 0 Å². The van der Waals surface area contributed by atoms with Crippen molar-refractivity contribution in [3.63, 3.8) is 0 Å². The Bertz CT molecular complexity index is 707. The molecule has 0 fully saturated rings. The zero-order valence-electron chi connectivity index (χ0n) is 11.6. The molecule has 1 aromatic carbocycles. The highest BCUT2D eigenvalue weighted by atomic mass is 19.4. The van der Waals surface area contributed by atoms with E-state index in [2.05, 4.69) is 4.98 Å². The predicted octanol–water partition coefficient (Wildman–Crippen LogP) is 2.86. The van der Waals surface area contributed by atoms with Crippen molar-refractivity contribution < 1.29 is 13.2 Å². The van der Waals surface area contributed by atoms with Gasteiger partial charge in [0.05, 0.1) is 16.5 Å². The molecular weight excluding hydrogens is 283 g/mol. The molecule has 0 bridgehead atoms. The van der Waals surface area contributed by atoms with Crippen LogP contribution in [-0.2, 0) is 12.6 Å². The van der Waals surface area contributed by atoms with Crippen LogP contribution in [0.15, 0.2) is 23.0 Å². The molecule has 7 heteroatoms. The molecule has 0 saturated carbocycles.